The Balaban J connectivity index is -0.00000000533. The van der Waals surface area contributed by atoms with Gasteiger partial charge in [0.05, 0.1) is 6.54 Å². The van der Waals surface area contributed by atoms with Crippen molar-refractivity contribution < 1.29 is 15.6 Å². The SMILES string of the molecule is NCC(=O)O.[Ca+2].[Ca+2].[H-].[H-].[H-].[H-]. The molecule has 0 aromatic rings. The van der Waals surface area contributed by atoms with Crippen molar-refractivity contribution in [3.8, 4) is 0 Å². The fourth-order valence-electron chi connectivity index (χ4n) is 0. The fraction of sp³-hybridized carbons (Fsp3) is 0.500. The van der Waals surface area contributed by atoms with E-state index in [2.05, 4.69) is 5.73 Å². The summed E-state index contributed by atoms with van der Waals surface area (Å²) in [6, 6.07) is 0. The van der Waals surface area contributed by atoms with Gasteiger partial charge in [-0.15, -0.1) is 0 Å². The van der Waals surface area contributed by atoms with Crippen LogP contribution in [0.25, 0.3) is 0 Å². The van der Waals surface area contributed by atoms with Crippen LogP contribution in [-0.2, 0) is 4.79 Å². The Bertz CT molecular complexity index is 59.4. The monoisotopic (exact) mass is 159 g/mol. The van der Waals surface area contributed by atoms with Gasteiger partial charge in [0, 0.05) is 0 Å². The zero-order chi connectivity index (χ0) is 4.28. The van der Waals surface area contributed by atoms with Crippen LogP contribution >= 0.6 is 0 Å². The van der Waals surface area contributed by atoms with Crippen LogP contribution in [0.15, 0.2) is 0 Å². The number of hydrogen-bond acceptors (Lipinski definition) is 2. The topological polar surface area (TPSA) is 63.3 Å². The normalized spacial score (nSPS) is 5.29. The molecule has 0 bridgehead atoms. The number of carbonyl (C=O) groups is 1. The molecule has 0 saturated heterocycles. The molecule has 0 saturated carbocycles. The summed E-state index contributed by atoms with van der Waals surface area (Å²) >= 11 is 0. The second-order valence-corrected chi connectivity index (χ2v) is 0.598. The van der Waals surface area contributed by atoms with E-state index >= 15 is 0 Å². The number of aliphatic carboxylic acids is 1. The Hall–Kier alpha value is 1.95. The summed E-state index contributed by atoms with van der Waals surface area (Å²) in [5, 5.41) is 7.60. The maximum Gasteiger partial charge on any atom is 2.00 e. The molecule has 5 heteroatoms. The molecule has 0 rings (SSSR count). The largest absolute Gasteiger partial charge is 2.00 e. The first kappa shape index (κ1) is 16.0. The molecule has 0 heterocycles. The van der Waals surface area contributed by atoms with Crippen molar-refractivity contribution in [2.75, 3.05) is 6.54 Å². The maximum atomic E-state index is 9.24. The minimum absolute atomic E-state index is 0. The molecule has 38 valence electrons. The first-order valence-electron chi connectivity index (χ1n) is 1.19. The number of carboxylic acids is 1. The van der Waals surface area contributed by atoms with Crippen LogP contribution in [0.4, 0.5) is 0 Å². The van der Waals surface area contributed by atoms with Gasteiger partial charge in [-0.3, -0.25) is 4.79 Å². The van der Waals surface area contributed by atoms with Crippen molar-refractivity contribution in [3.05, 3.63) is 0 Å². The number of nitrogens with two attached hydrogens (primary N) is 1. The molecule has 7 heavy (non-hydrogen) atoms. The molecule has 0 aromatic heterocycles. The van der Waals surface area contributed by atoms with E-state index in [1.165, 1.54) is 0 Å². The van der Waals surface area contributed by atoms with Crippen molar-refractivity contribution in [2.45, 2.75) is 0 Å². The predicted octanol–water partition coefficient (Wildman–Crippen LogP) is -1.28. The number of carboxylic acid groups (broad SMARTS) is 1. The van der Waals surface area contributed by atoms with Gasteiger partial charge in [-0.05, 0) is 0 Å². The third-order valence-electron chi connectivity index (χ3n) is 0.175. The summed E-state index contributed by atoms with van der Waals surface area (Å²) in [4.78, 5) is 9.24. The smallest absolute Gasteiger partial charge is 1.00 e. The average molecular weight is 159 g/mol. The van der Waals surface area contributed by atoms with E-state index in [0.29, 0.717) is 0 Å². The Labute approximate surface area is 108 Å². The van der Waals surface area contributed by atoms with E-state index in [1.54, 1.807) is 0 Å². The van der Waals surface area contributed by atoms with Crippen LogP contribution in [-0.4, -0.2) is 93.1 Å². The van der Waals surface area contributed by atoms with Crippen LogP contribution < -0.4 is 5.73 Å². The van der Waals surface area contributed by atoms with Crippen molar-refractivity contribution in [3.63, 3.8) is 0 Å². The van der Waals surface area contributed by atoms with Crippen LogP contribution in [0.1, 0.15) is 5.71 Å². The molecular formula is C2H9Ca2NO2. The van der Waals surface area contributed by atoms with E-state index in [1.807, 2.05) is 0 Å². The van der Waals surface area contributed by atoms with Gasteiger partial charge in [-0.25, -0.2) is 0 Å². The Morgan fingerprint density at radius 2 is 1.86 bits per heavy atom. The van der Waals surface area contributed by atoms with Gasteiger partial charge in [0.2, 0.25) is 0 Å². The first-order chi connectivity index (χ1) is 2.27. The second kappa shape index (κ2) is 10.8. The fourth-order valence-corrected chi connectivity index (χ4v) is 0. The third kappa shape index (κ3) is 18.0. The summed E-state index contributed by atoms with van der Waals surface area (Å²) in [7, 11) is 0. The molecule has 0 atom stereocenters. The molecule has 0 radical (unpaired) electrons. The Morgan fingerprint density at radius 3 is 1.86 bits per heavy atom. The first-order valence-corrected chi connectivity index (χ1v) is 1.19. The molecule has 0 aliphatic carbocycles. The molecule has 0 amide bonds. The Morgan fingerprint density at radius 1 is 1.71 bits per heavy atom. The minimum atomic E-state index is -0.968. The molecule has 0 aromatic carbocycles. The van der Waals surface area contributed by atoms with E-state index in [0.717, 1.165) is 0 Å². The summed E-state index contributed by atoms with van der Waals surface area (Å²) in [5.41, 5.74) is 4.57. The van der Waals surface area contributed by atoms with Crippen molar-refractivity contribution in [1.29, 1.82) is 0 Å². The van der Waals surface area contributed by atoms with Gasteiger partial charge in [0.25, 0.3) is 0 Å². The van der Waals surface area contributed by atoms with Crippen LogP contribution in [0, 0.1) is 0 Å². The van der Waals surface area contributed by atoms with E-state index in [4.69, 9.17) is 5.11 Å². The summed E-state index contributed by atoms with van der Waals surface area (Å²) in [6.45, 7) is -0.278. The predicted molar refractivity (Wildman–Crippen MR) is 32.6 cm³/mol. The quantitative estimate of drug-likeness (QED) is 0.468. The van der Waals surface area contributed by atoms with Crippen molar-refractivity contribution in [2.24, 2.45) is 5.73 Å². The van der Waals surface area contributed by atoms with Gasteiger partial charge >= 0.3 is 81.4 Å². The van der Waals surface area contributed by atoms with Crippen LogP contribution in [0.3, 0.4) is 0 Å². The standard InChI is InChI=1S/C2H5NO2.2Ca.4H/c3-1-2(4)5;;;;;;/h1,3H2,(H,4,5);;;;;;/q;2*+2;4*-1. The Kier molecular flexibility index (Phi) is 24.8. The third-order valence-corrected chi connectivity index (χ3v) is 0.175. The van der Waals surface area contributed by atoms with Gasteiger partial charge in [-0.2, -0.15) is 0 Å². The van der Waals surface area contributed by atoms with Crippen LogP contribution in [0.2, 0.25) is 0 Å². The van der Waals surface area contributed by atoms with E-state index in [9.17, 15) is 4.79 Å². The molecule has 3 nitrogen and oxygen atoms in total. The molecule has 0 fully saturated rings. The van der Waals surface area contributed by atoms with E-state index in [-0.39, 0.29) is 87.7 Å². The van der Waals surface area contributed by atoms with Crippen molar-refractivity contribution >= 4 is 81.4 Å². The average Bonchev–Trinajstić information content (AvgIpc) is 1.38. The number of hydrogen-bond donors (Lipinski definition) is 2. The summed E-state index contributed by atoms with van der Waals surface area (Å²) in [5.74, 6) is -0.968. The zero-order valence-corrected chi connectivity index (χ0v) is 8.47. The molecule has 0 spiro atoms. The van der Waals surface area contributed by atoms with Crippen LogP contribution in [0.5, 0.6) is 0 Å². The van der Waals surface area contributed by atoms with E-state index < -0.39 is 5.97 Å². The van der Waals surface area contributed by atoms with Gasteiger partial charge in [0.1, 0.15) is 0 Å². The summed E-state index contributed by atoms with van der Waals surface area (Å²) in [6.07, 6.45) is 0. The molecule has 0 aliphatic rings. The van der Waals surface area contributed by atoms with Crippen molar-refractivity contribution in [1.82, 2.24) is 0 Å². The zero-order valence-electron chi connectivity index (χ0n) is 8.05. The maximum absolute atomic E-state index is 9.24. The minimum Gasteiger partial charge on any atom is -1.00 e. The molecule has 0 aliphatic heterocycles. The molecule has 3 N–H and O–H groups in total. The van der Waals surface area contributed by atoms with Gasteiger partial charge in [0.15, 0.2) is 0 Å². The molecule has 0 unspecified atom stereocenters. The molecular weight excluding hydrogens is 150 g/mol. The number of rotatable bonds is 1. The second-order valence-electron chi connectivity index (χ2n) is 0.598. The summed E-state index contributed by atoms with van der Waals surface area (Å²) < 4.78 is 0. The van der Waals surface area contributed by atoms with Gasteiger partial charge in [-0.1, -0.05) is 0 Å². The van der Waals surface area contributed by atoms with Gasteiger partial charge < -0.3 is 16.5 Å².